The number of carbonyl (C=O) groups is 1. The van der Waals surface area contributed by atoms with E-state index in [9.17, 15) is 4.79 Å². The average Bonchev–Trinajstić information content (AvgIpc) is 2.50. The van der Waals surface area contributed by atoms with Gasteiger partial charge in [0.15, 0.2) is 11.5 Å². The van der Waals surface area contributed by atoms with Crippen LogP contribution in [0.2, 0.25) is 0 Å². The number of urea groups is 1. The molecule has 0 fully saturated rings. The van der Waals surface area contributed by atoms with Crippen molar-refractivity contribution >= 4 is 6.03 Å². The Morgan fingerprint density at radius 1 is 1.24 bits per heavy atom. The molecular formula is C15H23N3O3. The van der Waals surface area contributed by atoms with Crippen LogP contribution in [-0.4, -0.2) is 51.3 Å². The van der Waals surface area contributed by atoms with E-state index in [1.54, 1.807) is 14.1 Å². The van der Waals surface area contributed by atoms with Crippen molar-refractivity contribution in [3.05, 3.63) is 23.8 Å². The third-order valence-corrected chi connectivity index (χ3v) is 3.32. The van der Waals surface area contributed by atoms with Crippen LogP contribution in [0.25, 0.3) is 0 Å². The molecule has 1 aliphatic heterocycles. The second-order valence-corrected chi connectivity index (χ2v) is 5.21. The highest BCUT2D eigenvalue weighted by molar-refractivity contribution is 5.73. The second kappa shape index (κ2) is 7.17. The molecule has 1 atom stereocenters. The molecule has 0 saturated heterocycles. The Morgan fingerprint density at radius 3 is 2.67 bits per heavy atom. The monoisotopic (exact) mass is 293 g/mol. The number of ether oxygens (including phenoxy) is 2. The molecule has 0 aromatic heterocycles. The average molecular weight is 293 g/mol. The highest BCUT2D eigenvalue weighted by atomic mass is 16.6. The number of hydrogen-bond donors (Lipinski definition) is 2. The van der Waals surface area contributed by atoms with E-state index in [0.717, 1.165) is 17.1 Å². The lowest BCUT2D eigenvalue weighted by Crippen LogP contribution is -2.38. The summed E-state index contributed by atoms with van der Waals surface area (Å²) in [5, 5.41) is 6.19. The smallest absolute Gasteiger partial charge is 0.316 e. The van der Waals surface area contributed by atoms with Gasteiger partial charge in [-0.1, -0.05) is 6.07 Å². The minimum atomic E-state index is -0.0798. The van der Waals surface area contributed by atoms with Crippen LogP contribution >= 0.6 is 0 Å². The van der Waals surface area contributed by atoms with Crippen molar-refractivity contribution in [2.75, 3.05) is 40.4 Å². The fourth-order valence-corrected chi connectivity index (χ4v) is 2.06. The maximum atomic E-state index is 11.4. The zero-order chi connectivity index (χ0) is 15.2. The molecule has 0 spiro atoms. The summed E-state index contributed by atoms with van der Waals surface area (Å²) in [5.41, 5.74) is 1.14. The van der Waals surface area contributed by atoms with Crippen LogP contribution in [0.15, 0.2) is 18.2 Å². The third-order valence-electron chi connectivity index (χ3n) is 3.32. The lowest BCUT2D eigenvalue weighted by atomic mass is 10.1. The molecule has 6 nitrogen and oxygen atoms in total. The topological polar surface area (TPSA) is 62.8 Å². The van der Waals surface area contributed by atoms with E-state index in [2.05, 4.69) is 17.6 Å². The minimum Gasteiger partial charge on any atom is -0.486 e. The summed E-state index contributed by atoms with van der Waals surface area (Å²) in [6.07, 6.45) is 0. The van der Waals surface area contributed by atoms with Crippen molar-refractivity contribution in [1.29, 1.82) is 0 Å². The SMILES string of the molecule is CC(NCCNC(=O)N(C)C)c1ccc2c(c1)OCCO2. The molecule has 0 radical (unpaired) electrons. The molecule has 116 valence electrons. The van der Waals surface area contributed by atoms with Crippen LogP contribution in [0.1, 0.15) is 18.5 Å². The van der Waals surface area contributed by atoms with Crippen molar-refractivity contribution in [3.8, 4) is 11.5 Å². The van der Waals surface area contributed by atoms with Gasteiger partial charge in [-0.05, 0) is 24.6 Å². The highest BCUT2D eigenvalue weighted by Gasteiger charge is 2.14. The Bertz CT molecular complexity index is 491. The predicted molar refractivity (Wildman–Crippen MR) is 80.9 cm³/mol. The van der Waals surface area contributed by atoms with Crippen molar-refractivity contribution in [2.45, 2.75) is 13.0 Å². The van der Waals surface area contributed by atoms with E-state index in [4.69, 9.17) is 9.47 Å². The number of carbonyl (C=O) groups excluding carboxylic acids is 1. The standard InChI is InChI=1S/C15H23N3O3/c1-11(16-6-7-17-15(19)18(2)3)12-4-5-13-14(10-12)21-9-8-20-13/h4-5,10-11,16H,6-9H2,1-3H3,(H,17,19). The third kappa shape index (κ3) is 4.26. The Hall–Kier alpha value is -1.95. The second-order valence-electron chi connectivity index (χ2n) is 5.21. The Morgan fingerprint density at radius 2 is 1.95 bits per heavy atom. The molecule has 1 aliphatic rings. The molecule has 6 heteroatoms. The van der Waals surface area contributed by atoms with E-state index < -0.39 is 0 Å². The molecule has 1 heterocycles. The number of fused-ring (bicyclic) bond motifs is 1. The van der Waals surface area contributed by atoms with Crippen molar-refractivity contribution in [2.24, 2.45) is 0 Å². The molecule has 0 bridgehead atoms. The molecule has 2 amide bonds. The van der Waals surface area contributed by atoms with Gasteiger partial charge in [0.25, 0.3) is 0 Å². The maximum absolute atomic E-state index is 11.4. The normalized spacial score (nSPS) is 14.4. The number of nitrogens with zero attached hydrogens (tertiary/aromatic N) is 1. The molecule has 1 unspecified atom stereocenters. The molecule has 2 rings (SSSR count). The van der Waals surface area contributed by atoms with Gasteiger partial charge in [0.2, 0.25) is 0 Å². The van der Waals surface area contributed by atoms with E-state index in [1.165, 1.54) is 4.90 Å². The Kier molecular flexibility index (Phi) is 5.27. The molecule has 21 heavy (non-hydrogen) atoms. The van der Waals surface area contributed by atoms with Gasteiger partial charge in [-0.15, -0.1) is 0 Å². The first-order chi connectivity index (χ1) is 10.1. The lowest BCUT2D eigenvalue weighted by Gasteiger charge is -2.21. The Labute approximate surface area is 125 Å². The minimum absolute atomic E-state index is 0.0798. The molecule has 1 aromatic carbocycles. The largest absolute Gasteiger partial charge is 0.486 e. The molecule has 0 saturated carbocycles. The van der Waals surface area contributed by atoms with Crippen LogP contribution in [0, 0.1) is 0 Å². The van der Waals surface area contributed by atoms with Gasteiger partial charge in [-0.2, -0.15) is 0 Å². The maximum Gasteiger partial charge on any atom is 0.316 e. The molecule has 1 aromatic rings. The van der Waals surface area contributed by atoms with Gasteiger partial charge in [-0.3, -0.25) is 0 Å². The Balaban J connectivity index is 1.80. The first-order valence-corrected chi connectivity index (χ1v) is 7.16. The summed E-state index contributed by atoms with van der Waals surface area (Å²) < 4.78 is 11.1. The van der Waals surface area contributed by atoms with Crippen molar-refractivity contribution in [1.82, 2.24) is 15.5 Å². The summed E-state index contributed by atoms with van der Waals surface area (Å²) in [4.78, 5) is 12.9. The fraction of sp³-hybridized carbons (Fsp3) is 0.533. The summed E-state index contributed by atoms with van der Waals surface area (Å²) in [5.74, 6) is 1.60. The number of benzene rings is 1. The van der Waals surface area contributed by atoms with Crippen LogP contribution < -0.4 is 20.1 Å². The summed E-state index contributed by atoms with van der Waals surface area (Å²) in [6.45, 7) is 4.57. The highest BCUT2D eigenvalue weighted by Crippen LogP contribution is 2.32. The zero-order valence-corrected chi connectivity index (χ0v) is 12.8. The molecular weight excluding hydrogens is 270 g/mol. The van der Waals surface area contributed by atoms with Crippen LogP contribution in [0.3, 0.4) is 0 Å². The van der Waals surface area contributed by atoms with Gasteiger partial charge in [-0.25, -0.2) is 4.79 Å². The first kappa shape index (κ1) is 15.4. The van der Waals surface area contributed by atoms with Crippen molar-refractivity contribution < 1.29 is 14.3 Å². The van der Waals surface area contributed by atoms with Gasteiger partial charge in [0.05, 0.1) is 0 Å². The summed E-state index contributed by atoms with van der Waals surface area (Å²) in [6, 6.07) is 6.07. The van der Waals surface area contributed by atoms with Crippen LogP contribution in [0.4, 0.5) is 4.79 Å². The van der Waals surface area contributed by atoms with Gasteiger partial charge in [0.1, 0.15) is 13.2 Å². The number of hydrogen-bond acceptors (Lipinski definition) is 4. The predicted octanol–water partition coefficient (Wildman–Crippen LogP) is 1.38. The zero-order valence-electron chi connectivity index (χ0n) is 12.8. The van der Waals surface area contributed by atoms with Crippen molar-refractivity contribution in [3.63, 3.8) is 0 Å². The lowest BCUT2D eigenvalue weighted by molar-refractivity contribution is 0.171. The van der Waals surface area contributed by atoms with E-state index in [0.29, 0.717) is 26.3 Å². The van der Waals surface area contributed by atoms with E-state index in [-0.39, 0.29) is 12.1 Å². The summed E-state index contributed by atoms with van der Waals surface area (Å²) in [7, 11) is 3.45. The number of rotatable bonds is 5. The van der Waals surface area contributed by atoms with Gasteiger partial charge < -0.3 is 25.0 Å². The van der Waals surface area contributed by atoms with E-state index in [1.807, 2.05) is 18.2 Å². The summed E-state index contributed by atoms with van der Waals surface area (Å²) >= 11 is 0. The quantitative estimate of drug-likeness (QED) is 0.805. The van der Waals surface area contributed by atoms with E-state index >= 15 is 0 Å². The molecule has 0 aliphatic carbocycles. The first-order valence-electron chi connectivity index (χ1n) is 7.16. The number of nitrogens with one attached hydrogen (secondary N) is 2. The number of amides is 2. The van der Waals surface area contributed by atoms with Crippen LogP contribution in [-0.2, 0) is 0 Å². The molecule has 2 N–H and O–H groups in total. The fourth-order valence-electron chi connectivity index (χ4n) is 2.06. The van der Waals surface area contributed by atoms with Crippen LogP contribution in [0.5, 0.6) is 11.5 Å². The van der Waals surface area contributed by atoms with Gasteiger partial charge >= 0.3 is 6.03 Å². The van der Waals surface area contributed by atoms with Gasteiger partial charge in [0, 0.05) is 33.2 Å².